The van der Waals surface area contributed by atoms with E-state index in [0.29, 0.717) is 18.4 Å². The van der Waals surface area contributed by atoms with Gasteiger partial charge in [-0.1, -0.05) is 44.1 Å². The lowest BCUT2D eigenvalue weighted by Gasteiger charge is -2.26. The Hall–Kier alpha value is -1.88. The van der Waals surface area contributed by atoms with Crippen molar-refractivity contribution in [3.63, 3.8) is 0 Å². The topological polar surface area (TPSA) is 18.5 Å². The summed E-state index contributed by atoms with van der Waals surface area (Å²) in [5.74, 6) is 11.7. The molecule has 2 fully saturated rings. The van der Waals surface area contributed by atoms with Gasteiger partial charge in [0.05, 0.1) is 13.2 Å². The van der Waals surface area contributed by atoms with Gasteiger partial charge in [-0.15, -0.1) is 0 Å². The average Bonchev–Trinajstić information content (AvgIpc) is 2.82. The van der Waals surface area contributed by atoms with Crippen LogP contribution in [0, 0.1) is 35.5 Å². The summed E-state index contributed by atoms with van der Waals surface area (Å²) in [4.78, 5) is 0. The van der Waals surface area contributed by atoms with Gasteiger partial charge in [-0.05, 0) is 106 Å². The van der Waals surface area contributed by atoms with Crippen LogP contribution in [0.4, 0.5) is 0 Å². The third-order valence-electron chi connectivity index (χ3n) is 7.06. The van der Waals surface area contributed by atoms with Crippen molar-refractivity contribution in [1.29, 1.82) is 0 Å². The smallest absolute Gasteiger partial charge is 0.119 e. The number of unbranched alkanes of at least 4 members (excludes halogenated alkanes) is 1. The van der Waals surface area contributed by atoms with Crippen LogP contribution in [0.2, 0.25) is 0 Å². The normalized spacial score (nSPS) is 26.3. The molecule has 0 amide bonds. The number of benzene rings is 1. The van der Waals surface area contributed by atoms with Gasteiger partial charge in [-0.3, -0.25) is 0 Å². The zero-order valence-corrected chi connectivity index (χ0v) is 19.8. The Kier molecular flexibility index (Phi) is 10.4. The summed E-state index contributed by atoms with van der Waals surface area (Å²) < 4.78 is 11.5. The van der Waals surface area contributed by atoms with Crippen LogP contribution in [-0.2, 0) is 0 Å². The molecule has 0 N–H and O–H groups in total. The highest BCUT2D eigenvalue weighted by atomic mass is 16.5. The minimum atomic E-state index is 0.566. The molecular weight excluding hydrogens is 380 g/mol. The van der Waals surface area contributed by atoms with E-state index < -0.39 is 0 Å². The molecule has 0 saturated heterocycles. The molecule has 1 aromatic rings. The van der Waals surface area contributed by atoms with Crippen molar-refractivity contribution in [3.8, 4) is 23.3 Å². The molecular formula is C29H42O2. The van der Waals surface area contributed by atoms with E-state index in [2.05, 4.69) is 30.9 Å². The zero-order chi connectivity index (χ0) is 21.7. The first kappa shape index (κ1) is 23.8. The van der Waals surface area contributed by atoms with Crippen molar-refractivity contribution in [2.75, 3.05) is 13.2 Å². The second-order valence-corrected chi connectivity index (χ2v) is 9.50. The Morgan fingerprint density at radius 1 is 0.839 bits per heavy atom. The zero-order valence-electron chi connectivity index (χ0n) is 19.8. The molecule has 2 heteroatoms. The summed E-state index contributed by atoms with van der Waals surface area (Å²) in [6, 6.07) is 7.98. The third-order valence-corrected chi connectivity index (χ3v) is 7.06. The van der Waals surface area contributed by atoms with Gasteiger partial charge < -0.3 is 9.47 Å². The fraction of sp³-hybridized carbons (Fsp3) is 0.655. The van der Waals surface area contributed by atoms with Crippen LogP contribution in [0.25, 0.3) is 0 Å². The molecule has 0 atom stereocenters. The Labute approximate surface area is 190 Å². The highest BCUT2D eigenvalue weighted by Crippen LogP contribution is 2.32. The molecule has 0 aliphatic heterocycles. The van der Waals surface area contributed by atoms with Crippen LogP contribution < -0.4 is 9.47 Å². The number of ether oxygens (including phenoxy) is 2. The molecule has 3 rings (SSSR count). The van der Waals surface area contributed by atoms with E-state index in [-0.39, 0.29) is 0 Å². The fourth-order valence-electron chi connectivity index (χ4n) is 5.00. The summed E-state index contributed by atoms with van der Waals surface area (Å²) in [7, 11) is 0. The molecule has 2 aliphatic carbocycles. The molecule has 170 valence electrons. The summed E-state index contributed by atoms with van der Waals surface area (Å²) in [5.41, 5.74) is 0. The van der Waals surface area contributed by atoms with Crippen LogP contribution in [0.1, 0.15) is 84.5 Å². The standard InChI is InChI=1S/C29H42O2/c1-3-5-8-24-11-13-25(14-12-24)9-6-7-10-26-15-17-27(18-16-26)23-31-29-21-19-28(20-22-29)30-4-2/h6,9,19-22,24-27H,3-5,8,11-18,23H2,1-2H3/b9-6+/t24-,25-,26-,27-. The highest BCUT2D eigenvalue weighted by molar-refractivity contribution is 5.31. The lowest BCUT2D eigenvalue weighted by atomic mass is 9.80. The average molecular weight is 423 g/mol. The molecule has 0 spiro atoms. The second-order valence-electron chi connectivity index (χ2n) is 9.50. The summed E-state index contributed by atoms with van der Waals surface area (Å²) in [6.45, 7) is 5.81. The van der Waals surface area contributed by atoms with Crippen LogP contribution >= 0.6 is 0 Å². The van der Waals surface area contributed by atoms with Gasteiger partial charge in [0.2, 0.25) is 0 Å². The molecule has 0 bridgehead atoms. The SMILES string of the molecule is CCCC[C@H]1CC[C@H](/C=C/C#C[C@H]2CC[C@H](COc3ccc(OCC)cc3)CC2)CC1. The Morgan fingerprint density at radius 2 is 1.48 bits per heavy atom. The maximum Gasteiger partial charge on any atom is 0.119 e. The minimum absolute atomic E-state index is 0.566. The molecule has 0 unspecified atom stereocenters. The molecule has 0 radical (unpaired) electrons. The number of rotatable bonds is 9. The van der Waals surface area contributed by atoms with Crippen molar-refractivity contribution in [1.82, 2.24) is 0 Å². The number of allylic oxidation sites excluding steroid dienone is 2. The van der Waals surface area contributed by atoms with Crippen LogP contribution in [-0.4, -0.2) is 13.2 Å². The molecule has 2 aliphatic rings. The van der Waals surface area contributed by atoms with Gasteiger partial charge in [0.25, 0.3) is 0 Å². The molecule has 0 heterocycles. The second kappa shape index (κ2) is 13.5. The Bertz CT molecular complexity index is 692. The Morgan fingerprint density at radius 3 is 2.13 bits per heavy atom. The minimum Gasteiger partial charge on any atom is -0.494 e. The van der Waals surface area contributed by atoms with E-state index in [9.17, 15) is 0 Å². The van der Waals surface area contributed by atoms with Crippen molar-refractivity contribution < 1.29 is 9.47 Å². The van der Waals surface area contributed by atoms with Crippen LogP contribution in [0.3, 0.4) is 0 Å². The lowest BCUT2D eigenvalue weighted by Crippen LogP contribution is -2.19. The third kappa shape index (κ3) is 8.64. The van der Waals surface area contributed by atoms with Crippen molar-refractivity contribution in [3.05, 3.63) is 36.4 Å². The lowest BCUT2D eigenvalue weighted by molar-refractivity contribution is 0.196. The van der Waals surface area contributed by atoms with Crippen molar-refractivity contribution in [2.24, 2.45) is 23.7 Å². The predicted molar refractivity (Wildman–Crippen MR) is 130 cm³/mol. The molecule has 31 heavy (non-hydrogen) atoms. The molecule has 0 aromatic heterocycles. The van der Waals surface area contributed by atoms with Gasteiger partial charge in [-0.25, -0.2) is 0 Å². The Balaban J connectivity index is 1.30. The van der Waals surface area contributed by atoms with Gasteiger partial charge in [0, 0.05) is 5.92 Å². The largest absolute Gasteiger partial charge is 0.494 e. The van der Waals surface area contributed by atoms with E-state index in [1.807, 2.05) is 31.2 Å². The van der Waals surface area contributed by atoms with Gasteiger partial charge in [0.15, 0.2) is 0 Å². The van der Waals surface area contributed by atoms with E-state index in [1.54, 1.807) is 0 Å². The number of hydrogen-bond acceptors (Lipinski definition) is 2. The number of hydrogen-bond donors (Lipinski definition) is 0. The van der Waals surface area contributed by atoms with Gasteiger partial charge >= 0.3 is 0 Å². The van der Waals surface area contributed by atoms with E-state index in [0.717, 1.165) is 29.9 Å². The van der Waals surface area contributed by atoms with E-state index >= 15 is 0 Å². The maximum atomic E-state index is 6.01. The van der Waals surface area contributed by atoms with Gasteiger partial charge in [0.1, 0.15) is 11.5 Å². The quantitative estimate of drug-likeness (QED) is 0.378. The predicted octanol–water partition coefficient (Wildman–Crippen LogP) is 7.83. The first-order valence-corrected chi connectivity index (χ1v) is 12.8. The van der Waals surface area contributed by atoms with Gasteiger partial charge in [-0.2, -0.15) is 0 Å². The fourth-order valence-corrected chi connectivity index (χ4v) is 5.00. The summed E-state index contributed by atoms with van der Waals surface area (Å²) in [6.07, 6.45) is 19.2. The van der Waals surface area contributed by atoms with E-state index in [1.165, 1.54) is 70.6 Å². The monoisotopic (exact) mass is 422 g/mol. The van der Waals surface area contributed by atoms with Crippen molar-refractivity contribution >= 4 is 0 Å². The first-order valence-electron chi connectivity index (χ1n) is 12.8. The summed E-state index contributed by atoms with van der Waals surface area (Å²) in [5, 5.41) is 0. The first-order chi connectivity index (χ1) is 15.3. The maximum absolute atomic E-state index is 6.01. The molecule has 1 aromatic carbocycles. The van der Waals surface area contributed by atoms with E-state index in [4.69, 9.17) is 9.47 Å². The molecule has 2 saturated carbocycles. The molecule has 2 nitrogen and oxygen atoms in total. The van der Waals surface area contributed by atoms with Crippen LogP contribution in [0.5, 0.6) is 11.5 Å². The highest BCUT2D eigenvalue weighted by Gasteiger charge is 2.21. The van der Waals surface area contributed by atoms with Crippen LogP contribution in [0.15, 0.2) is 36.4 Å². The summed E-state index contributed by atoms with van der Waals surface area (Å²) >= 11 is 0. The van der Waals surface area contributed by atoms with Crippen molar-refractivity contribution in [2.45, 2.75) is 84.5 Å².